The predicted molar refractivity (Wildman–Crippen MR) is 123 cm³/mol. The van der Waals surface area contributed by atoms with Crippen molar-refractivity contribution in [2.75, 3.05) is 32.7 Å². The maximum absolute atomic E-state index is 12.9. The molecule has 1 atom stereocenters. The molecule has 3 rings (SSSR count). The van der Waals surface area contributed by atoms with Crippen LogP contribution in [0.25, 0.3) is 0 Å². The molecule has 0 saturated carbocycles. The molecule has 7 nitrogen and oxygen atoms in total. The summed E-state index contributed by atoms with van der Waals surface area (Å²) in [5.74, 6) is 0.502. The van der Waals surface area contributed by atoms with Crippen molar-refractivity contribution in [3.05, 3.63) is 65.7 Å². The van der Waals surface area contributed by atoms with Gasteiger partial charge in [0.15, 0.2) is 6.10 Å². The Hall–Kier alpha value is -3.35. The van der Waals surface area contributed by atoms with Gasteiger partial charge < -0.3 is 19.9 Å². The van der Waals surface area contributed by atoms with Gasteiger partial charge in [0.2, 0.25) is 5.91 Å². The van der Waals surface area contributed by atoms with Crippen LogP contribution in [0.2, 0.25) is 0 Å². The Morgan fingerprint density at radius 3 is 2.12 bits per heavy atom. The van der Waals surface area contributed by atoms with Gasteiger partial charge in [-0.2, -0.15) is 0 Å². The minimum atomic E-state index is -0.609. The van der Waals surface area contributed by atoms with E-state index in [-0.39, 0.29) is 24.3 Å². The minimum Gasteiger partial charge on any atom is -0.481 e. The predicted octanol–water partition coefficient (Wildman–Crippen LogP) is 2.68. The van der Waals surface area contributed by atoms with Crippen LogP contribution in [0.3, 0.4) is 0 Å². The summed E-state index contributed by atoms with van der Waals surface area (Å²) in [6.45, 7) is 7.62. The van der Waals surface area contributed by atoms with Crippen molar-refractivity contribution >= 4 is 17.7 Å². The molecule has 1 aliphatic heterocycles. The Morgan fingerprint density at radius 1 is 0.875 bits per heavy atom. The minimum absolute atomic E-state index is 0.0623. The molecule has 0 aliphatic carbocycles. The highest BCUT2D eigenvalue weighted by Gasteiger charge is 2.28. The number of nitrogens with zero attached hydrogens (tertiary/aromatic N) is 2. The zero-order valence-corrected chi connectivity index (χ0v) is 18.9. The second-order valence-electron chi connectivity index (χ2n) is 8.21. The van der Waals surface area contributed by atoms with Crippen LogP contribution >= 0.6 is 0 Å². The molecule has 0 spiro atoms. The van der Waals surface area contributed by atoms with Gasteiger partial charge in [0.1, 0.15) is 5.75 Å². The van der Waals surface area contributed by atoms with E-state index in [0.717, 1.165) is 11.3 Å². The first-order valence-corrected chi connectivity index (χ1v) is 11.0. The number of piperazine rings is 1. The summed E-state index contributed by atoms with van der Waals surface area (Å²) in [6, 6.07) is 16.6. The fourth-order valence-electron chi connectivity index (χ4n) is 3.70. The molecule has 170 valence electrons. The zero-order chi connectivity index (χ0) is 23.1. The lowest BCUT2D eigenvalue weighted by Gasteiger charge is -2.36. The van der Waals surface area contributed by atoms with Gasteiger partial charge in [0.05, 0.1) is 6.54 Å². The van der Waals surface area contributed by atoms with Crippen LogP contribution in [-0.4, -0.2) is 66.3 Å². The van der Waals surface area contributed by atoms with Crippen molar-refractivity contribution in [2.24, 2.45) is 0 Å². The average molecular weight is 438 g/mol. The lowest BCUT2D eigenvalue weighted by molar-refractivity contribution is -0.143. The lowest BCUT2D eigenvalue weighted by atomic mass is 10.0. The second-order valence-corrected chi connectivity index (χ2v) is 8.21. The Labute approximate surface area is 189 Å². The van der Waals surface area contributed by atoms with Gasteiger partial charge in [-0.3, -0.25) is 14.4 Å². The first kappa shape index (κ1) is 23.3. The Morgan fingerprint density at radius 2 is 1.47 bits per heavy atom. The third-order valence-electron chi connectivity index (χ3n) is 5.57. The fraction of sp³-hybridized carbons (Fsp3) is 0.400. The van der Waals surface area contributed by atoms with Crippen LogP contribution in [0.5, 0.6) is 5.75 Å². The molecule has 1 heterocycles. The molecule has 0 radical (unpaired) electrons. The normalized spacial score (nSPS) is 14.8. The molecule has 0 aromatic heterocycles. The van der Waals surface area contributed by atoms with E-state index in [1.807, 2.05) is 30.3 Å². The number of amides is 3. The van der Waals surface area contributed by atoms with Crippen molar-refractivity contribution < 1.29 is 19.1 Å². The highest BCUT2D eigenvalue weighted by Crippen LogP contribution is 2.27. The van der Waals surface area contributed by atoms with Gasteiger partial charge in [-0.25, -0.2) is 0 Å². The Balaban J connectivity index is 1.47. The summed E-state index contributed by atoms with van der Waals surface area (Å²) in [5, 5.41) is 2.66. The number of ether oxygens (including phenoxy) is 1. The van der Waals surface area contributed by atoms with E-state index in [2.05, 4.69) is 19.2 Å². The summed E-state index contributed by atoms with van der Waals surface area (Å²) in [5.41, 5.74) is 1.59. The number of nitrogens with one attached hydrogen (secondary N) is 1. The monoisotopic (exact) mass is 437 g/mol. The van der Waals surface area contributed by atoms with Crippen LogP contribution < -0.4 is 10.1 Å². The van der Waals surface area contributed by atoms with Gasteiger partial charge in [0.25, 0.3) is 11.8 Å². The first-order valence-electron chi connectivity index (χ1n) is 11.0. The number of hydrogen-bond donors (Lipinski definition) is 1. The van der Waals surface area contributed by atoms with Crippen molar-refractivity contribution in [1.29, 1.82) is 0 Å². The largest absolute Gasteiger partial charge is 0.481 e. The van der Waals surface area contributed by atoms with Crippen LogP contribution in [0.1, 0.15) is 42.6 Å². The summed E-state index contributed by atoms with van der Waals surface area (Å²) >= 11 is 0. The molecular weight excluding hydrogens is 406 g/mol. The number of carbonyl (C=O) groups excluding carboxylic acids is 3. The molecule has 2 aromatic carbocycles. The van der Waals surface area contributed by atoms with E-state index in [4.69, 9.17) is 4.74 Å². The van der Waals surface area contributed by atoms with Crippen LogP contribution in [0, 0.1) is 0 Å². The molecule has 1 unspecified atom stereocenters. The highest BCUT2D eigenvalue weighted by molar-refractivity contribution is 5.96. The lowest BCUT2D eigenvalue weighted by Crippen LogP contribution is -2.54. The van der Waals surface area contributed by atoms with Gasteiger partial charge in [-0.05, 0) is 36.6 Å². The molecule has 32 heavy (non-hydrogen) atoms. The summed E-state index contributed by atoms with van der Waals surface area (Å²) < 4.78 is 5.98. The Bertz CT molecular complexity index is 937. The van der Waals surface area contributed by atoms with Gasteiger partial charge in [0, 0.05) is 31.7 Å². The summed E-state index contributed by atoms with van der Waals surface area (Å²) in [6.07, 6.45) is -0.609. The number of rotatable bonds is 7. The topological polar surface area (TPSA) is 79.0 Å². The van der Waals surface area contributed by atoms with Gasteiger partial charge in [-0.1, -0.05) is 50.2 Å². The maximum Gasteiger partial charge on any atom is 0.263 e. The van der Waals surface area contributed by atoms with Crippen molar-refractivity contribution in [3.63, 3.8) is 0 Å². The number of para-hydroxylation sites is 1. The molecule has 1 N–H and O–H groups in total. The van der Waals surface area contributed by atoms with Crippen LogP contribution in [-0.2, 0) is 9.59 Å². The SMILES string of the molecule is CC(Oc1ccccc1C(C)C)C(=O)N1CCN(C(=O)CNC(=O)c2ccccc2)CC1. The van der Waals surface area contributed by atoms with Crippen LogP contribution in [0.4, 0.5) is 0 Å². The molecular formula is C25H31N3O4. The van der Waals surface area contributed by atoms with Crippen LogP contribution in [0.15, 0.2) is 54.6 Å². The van der Waals surface area contributed by atoms with Crippen molar-refractivity contribution in [3.8, 4) is 5.75 Å². The third kappa shape index (κ3) is 5.87. The molecule has 7 heteroatoms. The summed E-state index contributed by atoms with van der Waals surface area (Å²) in [7, 11) is 0. The third-order valence-corrected chi connectivity index (χ3v) is 5.57. The van der Waals surface area contributed by atoms with E-state index >= 15 is 0 Å². The van der Waals surface area contributed by atoms with Crippen molar-refractivity contribution in [2.45, 2.75) is 32.8 Å². The molecule has 1 saturated heterocycles. The van der Waals surface area contributed by atoms with E-state index in [0.29, 0.717) is 37.7 Å². The zero-order valence-electron chi connectivity index (χ0n) is 18.9. The quantitative estimate of drug-likeness (QED) is 0.722. The molecule has 2 aromatic rings. The molecule has 1 aliphatic rings. The molecule has 3 amide bonds. The fourth-order valence-corrected chi connectivity index (χ4v) is 3.70. The van der Waals surface area contributed by atoms with E-state index in [1.54, 1.807) is 41.0 Å². The van der Waals surface area contributed by atoms with Crippen molar-refractivity contribution in [1.82, 2.24) is 15.1 Å². The number of carbonyl (C=O) groups is 3. The highest BCUT2D eigenvalue weighted by atomic mass is 16.5. The van der Waals surface area contributed by atoms with E-state index in [9.17, 15) is 14.4 Å². The molecule has 1 fully saturated rings. The second kappa shape index (κ2) is 10.8. The smallest absolute Gasteiger partial charge is 0.263 e. The number of hydrogen-bond acceptors (Lipinski definition) is 4. The molecule has 0 bridgehead atoms. The first-order chi connectivity index (χ1) is 15.4. The number of benzene rings is 2. The Kier molecular flexibility index (Phi) is 7.87. The van der Waals surface area contributed by atoms with E-state index in [1.165, 1.54) is 0 Å². The maximum atomic E-state index is 12.9. The average Bonchev–Trinajstić information content (AvgIpc) is 2.82. The standard InChI is InChI=1S/C25H31N3O4/c1-18(2)21-11-7-8-12-22(21)32-19(3)25(31)28-15-13-27(14-16-28)23(29)17-26-24(30)20-9-5-4-6-10-20/h4-12,18-19H,13-17H2,1-3H3,(H,26,30). The van der Waals surface area contributed by atoms with Gasteiger partial charge in [-0.15, -0.1) is 0 Å². The van der Waals surface area contributed by atoms with Gasteiger partial charge >= 0.3 is 0 Å². The van der Waals surface area contributed by atoms with E-state index < -0.39 is 6.10 Å². The summed E-state index contributed by atoms with van der Waals surface area (Å²) in [4.78, 5) is 40.9.